The van der Waals surface area contributed by atoms with Gasteiger partial charge in [0.2, 0.25) is 0 Å². The van der Waals surface area contributed by atoms with E-state index >= 15 is 0 Å². The third kappa shape index (κ3) is 2.14. The Morgan fingerprint density at radius 2 is 1.92 bits per heavy atom. The quantitative estimate of drug-likeness (QED) is 0.721. The Bertz CT molecular complexity index is 304. The van der Waals surface area contributed by atoms with Gasteiger partial charge < -0.3 is 5.11 Å². The van der Waals surface area contributed by atoms with E-state index in [1.54, 1.807) is 6.92 Å². The molecule has 1 aromatic rings. The number of benzene rings is 1. The highest BCUT2D eigenvalue weighted by Gasteiger charge is 2.32. The van der Waals surface area contributed by atoms with E-state index in [9.17, 15) is 13.2 Å². The Kier molecular flexibility index (Phi) is 2.50. The molecule has 0 heterocycles. The Morgan fingerprint density at radius 3 is 2.38 bits per heavy atom. The number of alkyl halides is 3. The molecule has 1 N–H and O–H groups in total. The standard InChI is InChI=1S/C9H9F3O/c1-2-6-5-7(13)3-4-8(6)9(10,11)12/h3-5,13H,2H2,1H3. The molecule has 0 atom stereocenters. The first-order chi connectivity index (χ1) is 5.95. The lowest BCUT2D eigenvalue weighted by Crippen LogP contribution is -2.08. The Morgan fingerprint density at radius 1 is 1.31 bits per heavy atom. The first kappa shape index (κ1) is 9.89. The fraction of sp³-hybridized carbons (Fsp3) is 0.333. The van der Waals surface area contributed by atoms with Crippen molar-refractivity contribution in [1.82, 2.24) is 0 Å². The molecule has 0 aliphatic carbocycles. The molecule has 1 aromatic carbocycles. The van der Waals surface area contributed by atoms with E-state index in [0.29, 0.717) is 0 Å². The van der Waals surface area contributed by atoms with Crippen LogP contribution in [-0.4, -0.2) is 5.11 Å². The molecule has 13 heavy (non-hydrogen) atoms. The summed E-state index contributed by atoms with van der Waals surface area (Å²) >= 11 is 0. The minimum absolute atomic E-state index is 0.118. The fourth-order valence-corrected chi connectivity index (χ4v) is 1.15. The molecule has 0 radical (unpaired) electrons. The molecule has 1 nitrogen and oxygen atoms in total. The maximum absolute atomic E-state index is 12.3. The van der Waals surface area contributed by atoms with Crippen LogP contribution in [0.2, 0.25) is 0 Å². The zero-order chi connectivity index (χ0) is 10.1. The number of phenolic OH excluding ortho intramolecular Hbond substituents is 1. The van der Waals surface area contributed by atoms with E-state index in [-0.39, 0.29) is 17.7 Å². The molecule has 4 heteroatoms. The normalized spacial score (nSPS) is 11.7. The monoisotopic (exact) mass is 190 g/mol. The average molecular weight is 190 g/mol. The molecule has 0 saturated heterocycles. The van der Waals surface area contributed by atoms with Gasteiger partial charge in [-0.15, -0.1) is 0 Å². The summed E-state index contributed by atoms with van der Waals surface area (Å²) in [5, 5.41) is 8.97. The van der Waals surface area contributed by atoms with Crippen LogP contribution in [0.4, 0.5) is 13.2 Å². The minimum atomic E-state index is -4.33. The van der Waals surface area contributed by atoms with Crippen molar-refractivity contribution in [1.29, 1.82) is 0 Å². The van der Waals surface area contributed by atoms with Gasteiger partial charge in [-0.2, -0.15) is 13.2 Å². The van der Waals surface area contributed by atoms with Crippen LogP contribution >= 0.6 is 0 Å². The molecule has 0 saturated carbocycles. The lowest BCUT2D eigenvalue weighted by Gasteiger charge is -2.11. The van der Waals surface area contributed by atoms with Crippen molar-refractivity contribution in [2.45, 2.75) is 19.5 Å². The van der Waals surface area contributed by atoms with Gasteiger partial charge in [-0.05, 0) is 30.2 Å². The van der Waals surface area contributed by atoms with Crippen molar-refractivity contribution >= 4 is 0 Å². The second-order valence-corrected chi connectivity index (χ2v) is 2.69. The van der Waals surface area contributed by atoms with Crippen LogP contribution in [0, 0.1) is 0 Å². The predicted octanol–water partition coefficient (Wildman–Crippen LogP) is 2.97. The second kappa shape index (κ2) is 3.28. The number of aryl methyl sites for hydroxylation is 1. The van der Waals surface area contributed by atoms with Crippen molar-refractivity contribution in [3.63, 3.8) is 0 Å². The van der Waals surface area contributed by atoms with E-state index in [1.807, 2.05) is 0 Å². The molecule has 72 valence electrons. The maximum atomic E-state index is 12.3. The maximum Gasteiger partial charge on any atom is 0.416 e. The zero-order valence-electron chi connectivity index (χ0n) is 7.02. The number of halogens is 3. The summed E-state index contributed by atoms with van der Waals surface area (Å²) in [6, 6.07) is 3.08. The molecule has 0 bridgehead atoms. The van der Waals surface area contributed by atoms with E-state index in [1.165, 1.54) is 0 Å². The van der Waals surface area contributed by atoms with Crippen LogP contribution in [0.15, 0.2) is 18.2 Å². The number of hydrogen-bond acceptors (Lipinski definition) is 1. The van der Waals surface area contributed by atoms with Gasteiger partial charge in [-0.1, -0.05) is 6.92 Å². The molecule has 0 aromatic heterocycles. The third-order valence-electron chi connectivity index (χ3n) is 1.78. The number of phenols is 1. The predicted molar refractivity (Wildman–Crippen MR) is 42.5 cm³/mol. The molecule has 0 unspecified atom stereocenters. The smallest absolute Gasteiger partial charge is 0.416 e. The van der Waals surface area contributed by atoms with E-state index in [2.05, 4.69) is 0 Å². The summed E-state index contributed by atoms with van der Waals surface area (Å²) in [5.74, 6) is -0.134. The van der Waals surface area contributed by atoms with Gasteiger partial charge in [0.25, 0.3) is 0 Å². The van der Waals surface area contributed by atoms with Crippen molar-refractivity contribution in [3.8, 4) is 5.75 Å². The van der Waals surface area contributed by atoms with Gasteiger partial charge in [-0.3, -0.25) is 0 Å². The number of rotatable bonds is 1. The molecule has 1 rings (SSSR count). The first-order valence-corrected chi connectivity index (χ1v) is 3.84. The number of aromatic hydroxyl groups is 1. The summed E-state index contributed by atoms with van der Waals surface area (Å²) in [6.07, 6.45) is -4.08. The van der Waals surface area contributed by atoms with Crippen LogP contribution in [-0.2, 0) is 12.6 Å². The van der Waals surface area contributed by atoms with Crippen LogP contribution in [0.25, 0.3) is 0 Å². The van der Waals surface area contributed by atoms with Crippen LogP contribution < -0.4 is 0 Å². The van der Waals surface area contributed by atoms with Gasteiger partial charge in [0.05, 0.1) is 5.56 Å². The highest BCUT2D eigenvalue weighted by molar-refractivity contribution is 5.36. The SMILES string of the molecule is CCc1cc(O)ccc1C(F)(F)F. The van der Waals surface area contributed by atoms with Gasteiger partial charge in [-0.25, -0.2) is 0 Å². The van der Waals surface area contributed by atoms with Crippen molar-refractivity contribution < 1.29 is 18.3 Å². The Balaban J connectivity index is 3.22. The van der Waals surface area contributed by atoms with E-state index in [0.717, 1.165) is 18.2 Å². The lowest BCUT2D eigenvalue weighted by molar-refractivity contribution is -0.138. The molecule has 0 fully saturated rings. The molecule has 0 aliphatic rings. The largest absolute Gasteiger partial charge is 0.508 e. The molecular formula is C9H9F3O. The topological polar surface area (TPSA) is 20.2 Å². The van der Waals surface area contributed by atoms with Crippen LogP contribution in [0.1, 0.15) is 18.1 Å². The van der Waals surface area contributed by atoms with Gasteiger partial charge >= 0.3 is 6.18 Å². The van der Waals surface area contributed by atoms with Crippen LogP contribution in [0.3, 0.4) is 0 Å². The van der Waals surface area contributed by atoms with E-state index in [4.69, 9.17) is 5.11 Å². The van der Waals surface area contributed by atoms with Gasteiger partial charge in [0.1, 0.15) is 5.75 Å². The third-order valence-corrected chi connectivity index (χ3v) is 1.78. The number of hydrogen-bond donors (Lipinski definition) is 1. The van der Waals surface area contributed by atoms with Gasteiger partial charge in [0.15, 0.2) is 0 Å². The summed E-state index contributed by atoms with van der Waals surface area (Å²) in [7, 11) is 0. The minimum Gasteiger partial charge on any atom is -0.508 e. The fourth-order valence-electron chi connectivity index (χ4n) is 1.15. The van der Waals surface area contributed by atoms with Crippen molar-refractivity contribution in [2.24, 2.45) is 0 Å². The highest BCUT2D eigenvalue weighted by Crippen LogP contribution is 2.33. The summed E-state index contributed by atoms with van der Waals surface area (Å²) < 4.78 is 36.9. The molecule has 0 aliphatic heterocycles. The molecular weight excluding hydrogens is 181 g/mol. The summed E-state index contributed by atoms with van der Waals surface area (Å²) in [5.41, 5.74) is -0.555. The summed E-state index contributed by atoms with van der Waals surface area (Å²) in [6.45, 7) is 1.62. The average Bonchev–Trinajstić information content (AvgIpc) is 2.01. The van der Waals surface area contributed by atoms with Crippen LogP contribution in [0.5, 0.6) is 5.75 Å². The Hall–Kier alpha value is -1.19. The van der Waals surface area contributed by atoms with Gasteiger partial charge in [0, 0.05) is 0 Å². The highest BCUT2D eigenvalue weighted by atomic mass is 19.4. The van der Waals surface area contributed by atoms with Crippen molar-refractivity contribution in [2.75, 3.05) is 0 Å². The Labute approximate surface area is 73.8 Å². The lowest BCUT2D eigenvalue weighted by atomic mass is 10.0. The summed E-state index contributed by atoms with van der Waals surface area (Å²) in [4.78, 5) is 0. The molecule has 0 spiro atoms. The van der Waals surface area contributed by atoms with E-state index < -0.39 is 11.7 Å². The molecule has 0 amide bonds. The van der Waals surface area contributed by atoms with Crippen molar-refractivity contribution in [3.05, 3.63) is 29.3 Å². The first-order valence-electron chi connectivity index (χ1n) is 3.84. The zero-order valence-corrected chi connectivity index (χ0v) is 7.02. The second-order valence-electron chi connectivity index (χ2n) is 2.69.